The van der Waals surface area contributed by atoms with Gasteiger partial charge < -0.3 is 9.64 Å². The fourth-order valence-corrected chi connectivity index (χ4v) is 4.82. The van der Waals surface area contributed by atoms with Gasteiger partial charge in [-0.15, -0.1) is 10.2 Å². The fourth-order valence-electron chi connectivity index (χ4n) is 3.99. The van der Waals surface area contributed by atoms with Crippen molar-refractivity contribution in [3.63, 3.8) is 0 Å². The van der Waals surface area contributed by atoms with Gasteiger partial charge in [-0.05, 0) is 45.2 Å². The lowest BCUT2D eigenvalue weighted by atomic mass is 10.0. The number of aryl methyl sites for hydroxylation is 1. The Morgan fingerprint density at radius 1 is 1.06 bits per heavy atom. The van der Waals surface area contributed by atoms with E-state index in [4.69, 9.17) is 4.74 Å². The van der Waals surface area contributed by atoms with Crippen LogP contribution in [0.3, 0.4) is 0 Å². The fraction of sp³-hybridized carbons (Fsp3) is 0.360. The van der Waals surface area contributed by atoms with Gasteiger partial charge in [0, 0.05) is 17.8 Å². The maximum Gasteiger partial charge on any atom is 0.328 e. The summed E-state index contributed by atoms with van der Waals surface area (Å²) in [6.07, 6.45) is 2.46. The molecule has 4 rings (SSSR count). The number of carbonyl (C=O) groups is 2. The number of ether oxygens (including phenoxy) is 1. The zero-order valence-electron chi connectivity index (χ0n) is 18.9. The van der Waals surface area contributed by atoms with Gasteiger partial charge in [0.1, 0.15) is 6.04 Å². The highest BCUT2D eigenvalue weighted by atomic mass is 32.2. The molecule has 0 bridgehead atoms. The van der Waals surface area contributed by atoms with Crippen LogP contribution in [0.4, 0.5) is 0 Å². The van der Waals surface area contributed by atoms with Crippen molar-refractivity contribution in [2.75, 3.05) is 18.9 Å². The number of amides is 1. The van der Waals surface area contributed by atoms with Crippen LogP contribution in [0.5, 0.6) is 0 Å². The third-order valence-corrected chi connectivity index (χ3v) is 6.58. The van der Waals surface area contributed by atoms with Crippen LogP contribution in [0.15, 0.2) is 59.8 Å². The van der Waals surface area contributed by atoms with Crippen molar-refractivity contribution in [3.8, 4) is 17.1 Å². The van der Waals surface area contributed by atoms with Crippen molar-refractivity contribution in [2.24, 2.45) is 0 Å². The number of esters is 1. The quantitative estimate of drug-likeness (QED) is 0.384. The van der Waals surface area contributed by atoms with Gasteiger partial charge in [0.25, 0.3) is 0 Å². The van der Waals surface area contributed by atoms with Crippen molar-refractivity contribution in [1.29, 1.82) is 0 Å². The molecule has 1 unspecified atom stereocenters. The minimum Gasteiger partial charge on any atom is -0.464 e. The van der Waals surface area contributed by atoms with Crippen LogP contribution < -0.4 is 0 Å². The van der Waals surface area contributed by atoms with Gasteiger partial charge >= 0.3 is 5.97 Å². The summed E-state index contributed by atoms with van der Waals surface area (Å²) >= 11 is 1.34. The first-order chi connectivity index (χ1) is 16.1. The Balaban J connectivity index is 1.58. The molecule has 1 fully saturated rings. The average Bonchev–Trinajstić information content (AvgIpc) is 3.27. The van der Waals surface area contributed by atoms with E-state index in [1.165, 1.54) is 11.8 Å². The Morgan fingerprint density at radius 2 is 1.82 bits per heavy atom. The van der Waals surface area contributed by atoms with Gasteiger partial charge in [0.05, 0.1) is 12.4 Å². The molecular formula is C25H28N4O3S. The number of benzene rings is 2. The molecule has 1 atom stereocenters. The molecule has 0 aliphatic carbocycles. The number of rotatable bonds is 7. The SMILES string of the molecule is CCOC(=O)C1CCCCN1C(=O)CSc1nnc(-c2ccccc2)n1-c1ccc(C)cc1. The monoisotopic (exact) mass is 464 g/mol. The minimum absolute atomic E-state index is 0.0857. The normalized spacial score (nSPS) is 15.9. The van der Waals surface area contributed by atoms with E-state index in [0.717, 1.165) is 35.5 Å². The summed E-state index contributed by atoms with van der Waals surface area (Å²) < 4.78 is 7.18. The Bertz CT molecular complexity index is 1100. The summed E-state index contributed by atoms with van der Waals surface area (Å²) in [5.74, 6) is 0.494. The van der Waals surface area contributed by atoms with E-state index in [9.17, 15) is 9.59 Å². The van der Waals surface area contributed by atoms with Crippen molar-refractivity contribution < 1.29 is 14.3 Å². The second-order valence-electron chi connectivity index (χ2n) is 7.98. The van der Waals surface area contributed by atoms with Gasteiger partial charge in [0.15, 0.2) is 11.0 Å². The molecule has 7 nitrogen and oxygen atoms in total. The molecule has 33 heavy (non-hydrogen) atoms. The predicted octanol–water partition coefficient (Wildman–Crippen LogP) is 4.28. The van der Waals surface area contributed by atoms with Crippen molar-refractivity contribution in [1.82, 2.24) is 19.7 Å². The number of aromatic nitrogens is 3. The van der Waals surface area contributed by atoms with E-state index in [-0.39, 0.29) is 17.6 Å². The molecule has 172 valence electrons. The second kappa shape index (κ2) is 10.7. The summed E-state index contributed by atoms with van der Waals surface area (Å²) in [5.41, 5.74) is 3.04. The van der Waals surface area contributed by atoms with Crippen molar-refractivity contribution in [3.05, 3.63) is 60.2 Å². The Hall–Kier alpha value is -3.13. The number of likely N-dealkylation sites (tertiary alicyclic amines) is 1. The number of hydrogen-bond donors (Lipinski definition) is 0. The molecule has 3 aromatic rings. The summed E-state index contributed by atoms with van der Waals surface area (Å²) in [7, 11) is 0. The van der Waals surface area contributed by atoms with E-state index in [0.29, 0.717) is 24.7 Å². The van der Waals surface area contributed by atoms with E-state index in [1.54, 1.807) is 11.8 Å². The van der Waals surface area contributed by atoms with Crippen LogP contribution in [0.2, 0.25) is 0 Å². The van der Waals surface area contributed by atoms with Gasteiger partial charge in [-0.3, -0.25) is 9.36 Å². The Kier molecular flexibility index (Phi) is 7.44. The molecule has 1 amide bonds. The number of piperidine rings is 1. The Morgan fingerprint density at radius 3 is 2.55 bits per heavy atom. The lowest BCUT2D eigenvalue weighted by Gasteiger charge is -2.33. The Labute approximate surface area is 198 Å². The number of carbonyl (C=O) groups excluding carboxylic acids is 2. The molecule has 8 heteroatoms. The van der Waals surface area contributed by atoms with Crippen molar-refractivity contribution in [2.45, 2.75) is 44.3 Å². The average molecular weight is 465 g/mol. The minimum atomic E-state index is -0.498. The van der Waals surface area contributed by atoms with E-state index in [2.05, 4.69) is 10.2 Å². The van der Waals surface area contributed by atoms with Gasteiger partial charge in [-0.2, -0.15) is 0 Å². The molecule has 1 aromatic heterocycles. The molecule has 2 aromatic carbocycles. The maximum atomic E-state index is 13.1. The van der Waals surface area contributed by atoms with Crippen LogP contribution in [0, 0.1) is 6.92 Å². The smallest absolute Gasteiger partial charge is 0.328 e. The van der Waals surface area contributed by atoms with E-state index >= 15 is 0 Å². The number of thioether (sulfide) groups is 1. The van der Waals surface area contributed by atoms with Gasteiger partial charge in [0.2, 0.25) is 5.91 Å². The first-order valence-corrected chi connectivity index (χ1v) is 12.2. The standard InChI is InChI=1S/C25H28N4O3S/c1-3-32-24(31)21-11-7-8-16-28(21)22(30)17-33-25-27-26-23(19-9-5-4-6-10-19)29(25)20-14-12-18(2)13-15-20/h4-6,9-10,12-15,21H,3,7-8,11,16-17H2,1-2H3. The molecule has 0 N–H and O–H groups in total. The topological polar surface area (TPSA) is 77.3 Å². The molecule has 1 aliphatic heterocycles. The van der Waals surface area contributed by atoms with E-state index in [1.807, 2.05) is 66.1 Å². The summed E-state index contributed by atoms with van der Waals surface area (Å²) in [5, 5.41) is 9.48. The third-order valence-electron chi connectivity index (χ3n) is 5.66. The highest BCUT2D eigenvalue weighted by Gasteiger charge is 2.33. The summed E-state index contributed by atoms with van der Waals surface area (Å²) in [6.45, 7) is 4.71. The molecule has 1 saturated heterocycles. The van der Waals surface area contributed by atoms with E-state index < -0.39 is 6.04 Å². The first kappa shape index (κ1) is 23.0. The molecule has 2 heterocycles. The first-order valence-electron chi connectivity index (χ1n) is 11.2. The van der Waals surface area contributed by atoms with Gasteiger partial charge in [-0.1, -0.05) is 59.8 Å². The van der Waals surface area contributed by atoms with Crippen molar-refractivity contribution >= 4 is 23.6 Å². The number of nitrogens with zero attached hydrogens (tertiary/aromatic N) is 4. The molecule has 0 radical (unpaired) electrons. The summed E-state index contributed by atoms with van der Waals surface area (Å²) in [4.78, 5) is 27.1. The largest absolute Gasteiger partial charge is 0.464 e. The second-order valence-corrected chi connectivity index (χ2v) is 8.93. The molecular weight excluding hydrogens is 436 g/mol. The van der Waals surface area contributed by atoms with Crippen LogP contribution in [0.25, 0.3) is 17.1 Å². The predicted molar refractivity (Wildman–Crippen MR) is 128 cm³/mol. The lowest BCUT2D eigenvalue weighted by Crippen LogP contribution is -2.49. The highest BCUT2D eigenvalue weighted by Crippen LogP contribution is 2.29. The van der Waals surface area contributed by atoms with Crippen LogP contribution in [-0.4, -0.2) is 56.5 Å². The van der Waals surface area contributed by atoms with Crippen LogP contribution in [-0.2, 0) is 14.3 Å². The molecule has 0 spiro atoms. The highest BCUT2D eigenvalue weighted by molar-refractivity contribution is 7.99. The van der Waals surface area contributed by atoms with Gasteiger partial charge in [-0.25, -0.2) is 4.79 Å². The third kappa shape index (κ3) is 5.27. The zero-order valence-corrected chi connectivity index (χ0v) is 19.8. The summed E-state index contributed by atoms with van der Waals surface area (Å²) in [6, 6.07) is 17.5. The number of hydrogen-bond acceptors (Lipinski definition) is 6. The lowest BCUT2D eigenvalue weighted by molar-refractivity contribution is -0.155. The van der Waals surface area contributed by atoms with Crippen LogP contribution >= 0.6 is 11.8 Å². The van der Waals surface area contributed by atoms with Crippen LogP contribution in [0.1, 0.15) is 31.7 Å². The maximum absolute atomic E-state index is 13.1. The molecule has 1 aliphatic rings. The molecule has 0 saturated carbocycles. The zero-order chi connectivity index (χ0) is 23.2.